The number of urea groups is 1. The average molecular weight is 396 g/mol. The van der Waals surface area contributed by atoms with Gasteiger partial charge in [-0.1, -0.05) is 12.1 Å². The Hall–Kier alpha value is -3.74. The van der Waals surface area contributed by atoms with Gasteiger partial charge in [0.05, 0.1) is 14.2 Å². The van der Waals surface area contributed by atoms with Crippen LogP contribution in [0.5, 0.6) is 23.0 Å². The van der Waals surface area contributed by atoms with Gasteiger partial charge in [0, 0.05) is 18.3 Å². The molecule has 0 aliphatic carbocycles. The van der Waals surface area contributed by atoms with Gasteiger partial charge in [-0.2, -0.15) is 0 Å². The monoisotopic (exact) mass is 396 g/mol. The molecule has 0 aliphatic rings. The molecule has 2 N–H and O–H groups in total. The Balaban J connectivity index is 1.57. The summed E-state index contributed by atoms with van der Waals surface area (Å²) in [4.78, 5) is 12.2. The number of nitrogens with one attached hydrogen (secondary N) is 2. The summed E-state index contributed by atoms with van der Waals surface area (Å²) in [7, 11) is 3.08. The van der Waals surface area contributed by atoms with Crippen LogP contribution in [0.15, 0.2) is 66.7 Å². The van der Waals surface area contributed by atoms with Crippen molar-refractivity contribution in [1.29, 1.82) is 0 Å². The van der Waals surface area contributed by atoms with Crippen LogP contribution in [0.2, 0.25) is 0 Å². The molecule has 3 aromatic rings. The fraction of sp³-hybridized carbons (Fsp3) is 0.136. The second-order valence-corrected chi connectivity index (χ2v) is 6.08. The number of amides is 2. The molecule has 0 bridgehead atoms. The number of hydrogen-bond donors (Lipinski definition) is 2. The van der Waals surface area contributed by atoms with Crippen molar-refractivity contribution in [3.8, 4) is 23.0 Å². The molecule has 0 radical (unpaired) electrons. The van der Waals surface area contributed by atoms with Crippen LogP contribution in [-0.2, 0) is 6.54 Å². The highest BCUT2D eigenvalue weighted by Crippen LogP contribution is 2.29. The number of hydrogen-bond acceptors (Lipinski definition) is 4. The van der Waals surface area contributed by atoms with Gasteiger partial charge < -0.3 is 24.8 Å². The Morgan fingerprint density at radius 3 is 2.38 bits per heavy atom. The summed E-state index contributed by atoms with van der Waals surface area (Å²) < 4.78 is 29.1. The van der Waals surface area contributed by atoms with Gasteiger partial charge in [-0.25, -0.2) is 9.18 Å². The molecule has 0 aromatic heterocycles. The molecule has 0 spiro atoms. The molecule has 0 aliphatic heterocycles. The Morgan fingerprint density at radius 1 is 0.897 bits per heavy atom. The fourth-order valence-corrected chi connectivity index (χ4v) is 2.63. The fourth-order valence-electron chi connectivity index (χ4n) is 2.63. The van der Waals surface area contributed by atoms with Crippen molar-refractivity contribution < 1.29 is 23.4 Å². The molecule has 0 unspecified atom stereocenters. The smallest absolute Gasteiger partial charge is 0.319 e. The third kappa shape index (κ3) is 5.62. The largest absolute Gasteiger partial charge is 0.493 e. The van der Waals surface area contributed by atoms with Gasteiger partial charge in [-0.3, -0.25) is 0 Å². The molecule has 2 amide bonds. The zero-order valence-corrected chi connectivity index (χ0v) is 16.1. The SMILES string of the molecule is COc1ccc(NC(=O)NCc2cccc(Oc3ccc(F)cc3)c2)cc1OC. The topological polar surface area (TPSA) is 68.8 Å². The van der Waals surface area contributed by atoms with Crippen molar-refractivity contribution in [1.82, 2.24) is 5.32 Å². The molecule has 29 heavy (non-hydrogen) atoms. The number of ether oxygens (including phenoxy) is 3. The summed E-state index contributed by atoms with van der Waals surface area (Å²) >= 11 is 0. The first-order valence-electron chi connectivity index (χ1n) is 8.86. The van der Waals surface area contributed by atoms with Crippen molar-refractivity contribution in [3.63, 3.8) is 0 Å². The van der Waals surface area contributed by atoms with E-state index >= 15 is 0 Å². The maximum atomic E-state index is 13.0. The number of carbonyl (C=O) groups is 1. The molecule has 3 rings (SSSR count). The van der Waals surface area contributed by atoms with Crippen LogP contribution in [-0.4, -0.2) is 20.3 Å². The van der Waals surface area contributed by atoms with Crippen LogP contribution < -0.4 is 24.8 Å². The minimum absolute atomic E-state index is 0.305. The van der Waals surface area contributed by atoms with Crippen LogP contribution in [0.1, 0.15) is 5.56 Å². The van der Waals surface area contributed by atoms with Crippen LogP contribution in [0, 0.1) is 5.82 Å². The number of halogens is 1. The van der Waals surface area contributed by atoms with Gasteiger partial charge in [0.15, 0.2) is 11.5 Å². The molecule has 0 saturated heterocycles. The number of rotatable bonds is 7. The van der Waals surface area contributed by atoms with E-state index in [9.17, 15) is 9.18 Å². The summed E-state index contributed by atoms with van der Waals surface area (Å²) in [6.07, 6.45) is 0. The summed E-state index contributed by atoms with van der Waals surface area (Å²) in [5.41, 5.74) is 1.43. The predicted molar refractivity (Wildman–Crippen MR) is 108 cm³/mol. The first kappa shape index (κ1) is 20.0. The molecule has 3 aromatic carbocycles. The lowest BCUT2D eigenvalue weighted by Gasteiger charge is -2.12. The third-order valence-corrected chi connectivity index (χ3v) is 4.04. The summed E-state index contributed by atoms with van der Waals surface area (Å²) in [6.45, 7) is 0.305. The van der Waals surface area contributed by atoms with E-state index in [-0.39, 0.29) is 11.8 Å². The first-order chi connectivity index (χ1) is 14.1. The van der Waals surface area contributed by atoms with E-state index in [1.54, 1.807) is 49.6 Å². The zero-order chi connectivity index (χ0) is 20.6. The molecule has 0 fully saturated rings. The molecular formula is C22H21FN2O4. The summed E-state index contributed by atoms with van der Waals surface area (Å²) in [5.74, 6) is 1.90. The maximum Gasteiger partial charge on any atom is 0.319 e. The van der Waals surface area contributed by atoms with E-state index in [0.29, 0.717) is 35.2 Å². The minimum atomic E-state index is -0.359. The van der Waals surface area contributed by atoms with Gasteiger partial charge in [0.2, 0.25) is 0 Å². The normalized spacial score (nSPS) is 10.2. The van der Waals surface area contributed by atoms with Gasteiger partial charge in [0.1, 0.15) is 17.3 Å². The number of anilines is 1. The second kappa shape index (κ2) is 9.45. The van der Waals surface area contributed by atoms with Crippen LogP contribution in [0.3, 0.4) is 0 Å². The third-order valence-electron chi connectivity index (χ3n) is 4.04. The lowest BCUT2D eigenvalue weighted by atomic mass is 10.2. The van der Waals surface area contributed by atoms with E-state index in [4.69, 9.17) is 14.2 Å². The molecule has 6 nitrogen and oxygen atoms in total. The lowest BCUT2D eigenvalue weighted by molar-refractivity contribution is 0.251. The Labute approximate surface area is 168 Å². The number of methoxy groups -OCH3 is 2. The molecule has 7 heteroatoms. The quantitative estimate of drug-likeness (QED) is 0.592. The van der Waals surface area contributed by atoms with Crippen molar-refractivity contribution >= 4 is 11.7 Å². The lowest BCUT2D eigenvalue weighted by Crippen LogP contribution is -2.28. The van der Waals surface area contributed by atoms with E-state index < -0.39 is 0 Å². The highest BCUT2D eigenvalue weighted by atomic mass is 19.1. The van der Waals surface area contributed by atoms with E-state index in [0.717, 1.165) is 5.56 Å². The van der Waals surface area contributed by atoms with Crippen molar-refractivity contribution in [3.05, 3.63) is 78.1 Å². The Morgan fingerprint density at radius 2 is 1.66 bits per heavy atom. The van der Waals surface area contributed by atoms with Crippen LogP contribution in [0.25, 0.3) is 0 Å². The average Bonchev–Trinajstić information content (AvgIpc) is 2.74. The maximum absolute atomic E-state index is 13.0. The van der Waals surface area contributed by atoms with Gasteiger partial charge in [-0.15, -0.1) is 0 Å². The molecule has 150 valence electrons. The highest BCUT2D eigenvalue weighted by Gasteiger charge is 2.08. The van der Waals surface area contributed by atoms with Gasteiger partial charge >= 0.3 is 6.03 Å². The van der Waals surface area contributed by atoms with Crippen molar-refractivity contribution in [2.24, 2.45) is 0 Å². The first-order valence-corrected chi connectivity index (χ1v) is 8.86. The predicted octanol–water partition coefficient (Wildman–Crippen LogP) is 4.96. The number of benzene rings is 3. The molecule has 0 heterocycles. The van der Waals surface area contributed by atoms with E-state index in [1.807, 2.05) is 12.1 Å². The van der Waals surface area contributed by atoms with Crippen LogP contribution in [0.4, 0.5) is 14.9 Å². The Bertz CT molecular complexity index is 977. The zero-order valence-electron chi connectivity index (χ0n) is 16.1. The van der Waals surface area contributed by atoms with Gasteiger partial charge in [0.25, 0.3) is 0 Å². The molecule has 0 atom stereocenters. The molecule has 0 saturated carbocycles. The Kier molecular flexibility index (Phi) is 6.52. The van der Waals surface area contributed by atoms with Crippen molar-refractivity contribution in [2.75, 3.05) is 19.5 Å². The van der Waals surface area contributed by atoms with E-state index in [1.165, 1.54) is 19.2 Å². The van der Waals surface area contributed by atoms with Crippen molar-refractivity contribution in [2.45, 2.75) is 6.54 Å². The standard InChI is InChI=1S/C22H21FN2O4/c1-27-20-11-8-17(13-21(20)28-2)25-22(26)24-14-15-4-3-5-19(12-15)29-18-9-6-16(23)7-10-18/h3-13H,14H2,1-2H3,(H2,24,25,26). The van der Waals surface area contributed by atoms with Gasteiger partial charge in [-0.05, 0) is 54.1 Å². The number of carbonyl (C=O) groups excluding carboxylic acids is 1. The van der Waals surface area contributed by atoms with Crippen LogP contribution >= 0.6 is 0 Å². The minimum Gasteiger partial charge on any atom is -0.493 e. The summed E-state index contributed by atoms with van der Waals surface area (Å²) in [6, 6.07) is 17.8. The highest BCUT2D eigenvalue weighted by molar-refractivity contribution is 5.89. The van der Waals surface area contributed by atoms with E-state index in [2.05, 4.69) is 10.6 Å². The molecular weight excluding hydrogens is 375 g/mol. The summed E-state index contributed by atoms with van der Waals surface area (Å²) in [5, 5.41) is 5.53. The second-order valence-electron chi connectivity index (χ2n) is 6.08.